The van der Waals surface area contributed by atoms with Gasteiger partial charge in [0, 0.05) is 11.6 Å². The molecule has 5 rings (SSSR count). The molecule has 0 saturated heterocycles. The van der Waals surface area contributed by atoms with E-state index in [4.69, 9.17) is 9.15 Å². The average molecular weight is 408 g/mol. The van der Waals surface area contributed by atoms with Crippen LogP contribution in [-0.2, 0) is 0 Å². The summed E-state index contributed by atoms with van der Waals surface area (Å²) in [5.41, 5.74) is 0.543. The van der Waals surface area contributed by atoms with Gasteiger partial charge >= 0.3 is 0 Å². The second-order valence-electron chi connectivity index (χ2n) is 6.48. The van der Waals surface area contributed by atoms with Crippen LogP contribution in [-0.4, -0.2) is 18.0 Å². The fourth-order valence-electron chi connectivity index (χ4n) is 3.60. The minimum atomic E-state index is -0.761. The number of amides is 1. The summed E-state index contributed by atoms with van der Waals surface area (Å²) in [5.74, 6) is -0.495. The first kappa shape index (κ1) is 17.6. The van der Waals surface area contributed by atoms with Crippen LogP contribution in [0.4, 0.5) is 9.52 Å². The van der Waals surface area contributed by atoms with Gasteiger partial charge in [-0.15, -0.1) is 11.3 Å². The van der Waals surface area contributed by atoms with Crippen molar-refractivity contribution in [3.63, 3.8) is 0 Å². The van der Waals surface area contributed by atoms with Crippen LogP contribution in [0.5, 0.6) is 5.75 Å². The summed E-state index contributed by atoms with van der Waals surface area (Å²) in [4.78, 5) is 32.3. The van der Waals surface area contributed by atoms with Crippen LogP contribution in [0.25, 0.3) is 11.0 Å². The van der Waals surface area contributed by atoms with E-state index in [0.29, 0.717) is 16.4 Å². The Morgan fingerprint density at radius 2 is 2.07 bits per heavy atom. The van der Waals surface area contributed by atoms with Crippen LogP contribution in [0.15, 0.2) is 63.3 Å². The maximum atomic E-state index is 13.8. The lowest BCUT2D eigenvalue weighted by atomic mass is 9.98. The molecule has 1 unspecified atom stereocenters. The molecular formula is C21H13FN2O4S. The van der Waals surface area contributed by atoms with Crippen LogP contribution in [0.1, 0.15) is 27.7 Å². The Morgan fingerprint density at radius 1 is 1.21 bits per heavy atom. The second-order valence-corrected chi connectivity index (χ2v) is 7.36. The molecule has 0 radical (unpaired) electrons. The number of carbonyl (C=O) groups is 1. The third-order valence-corrected chi connectivity index (χ3v) is 5.64. The number of hydrogen-bond donors (Lipinski definition) is 0. The van der Waals surface area contributed by atoms with E-state index in [-0.39, 0.29) is 22.3 Å². The lowest BCUT2D eigenvalue weighted by Crippen LogP contribution is -2.29. The van der Waals surface area contributed by atoms with Gasteiger partial charge in [0.25, 0.3) is 5.91 Å². The van der Waals surface area contributed by atoms with Gasteiger partial charge in [-0.05, 0) is 35.9 Å². The zero-order valence-electron chi connectivity index (χ0n) is 15.1. The van der Waals surface area contributed by atoms with E-state index in [9.17, 15) is 14.0 Å². The zero-order valence-corrected chi connectivity index (χ0v) is 15.9. The molecule has 0 spiro atoms. The number of halogens is 1. The van der Waals surface area contributed by atoms with Gasteiger partial charge in [-0.2, -0.15) is 0 Å². The minimum Gasteiger partial charge on any atom is -0.497 e. The lowest BCUT2D eigenvalue weighted by Gasteiger charge is -2.22. The Hall–Kier alpha value is -3.52. The number of benzene rings is 2. The molecule has 1 aliphatic heterocycles. The second kappa shape index (κ2) is 6.52. The SMILES string of the molecule is COc1cccc(C2c3c(oc4ccc(F)cc4c3=O)C(=O)N2c2nccs2)c1. The van der Waals surface area contributed by atoms with Gasteiger partial charge < -0.3 is 9.15 Å². The van der Waals surface area contributed by atoms with Gasteiger partial charge in [-0.1, -0.05) is 12.1 Å². The molecule has 8 heteroatoms. The number of hydrogen-bond acceptors (Lipinski definition) is 6. The van der Waals surface area contributed by atoms with E-state index in [2.05, 4.69) is 4.98 Å². The number of nitrogens with zero attached hydrogens (tertiary/aromatic N) is 2. The van der Waals surface area contributed by atoms with Gasteiger partial charge in [-0.25, -0.2) is 9.37 Å². The summed E-state index contributed by atoms with van der Waals surface area (Å²) in [6, 6.07) is 10.0. The molecule has 0 N–H and O–H groups in total. The van der Waals surface area contributed by atoms with E-state index >= 15 is 0 Å². The highest BCUT2D eigenvalue weighted by atomic mass is 32.1. The Bertz CT molecular complexity index is 1320. The average Bonchev–Trinajstić information content (AvgIpc) is 3.35. The van der Waals surface area contributed by atoms with Crippen molar-refractivity contribution in [2.24, 2.45) is 0 Å². The minimum absolute atomic E-state index is 0.0582. The molecule has 2 aromatic carbocycles. The monoisotopic (exact) mass is 408 g/mol. The fourth-order valence-corrected chi connectivity index (χ4v) is 4.27. The van der Waals surface area contributed by atoms with Gasteiger partial charge in [0.1, 0.15) is 17.1 Å². The predicted molar refractivity (Wildman–Crippen MR) is 106 cm³/mol. The summed E-state index contributed by atoms with van der Waals surface area (Å²) in [7, 11) is 1.54. The number of ether oxygens (including phenoxy) is 1. The number of fused-ring (bicyclic) bond motifs is 2. The van der Waals surface area contributed by atoms with Crippen LogP contribution in [0.3, 0.4) is 0 Å². The molecule has 3 heterocycles. The Morgan fingerprint density at radius 3 is 2.83 bits per heavy atom. The van der Waals surface area contributed by atoms with Crippen LogP contribution < -0.4 is 15.1 Å². The first-order chi connectivity index (χ1) is 14.1. The van der Waals surface area contributed by atoms with Crippen molar-refractivity contribution in [3.05, 3.63) is 87.0 Å². The van der Waals surface area contributed by atoms with E-state index in [0.717, 1.165) is 6.07 Å². The van der Waals surface area contributed by atoms with Gasteiger partial charge in [0.05, 0.1) is 24.1 Å². The van der Waals surface area contributed by atoms with Crippen molar-refractivity contribution >= 4 is 33.3 Å². The van der Waals surface area contributed by atoms with E-state index in [1.54, 1.807) is 35.8 Å². The molecule has 144 valence electrons. The number of methoxy groups -OCH3 is 1. The van der Waals surface area contributed by atoms with Crippen molar-refractivity contribution in [2.75, 3.05) is 12.0 Å². The normalized spacial score (nSPS) is 15.7. The van der Waals surface area contributed by atoms with Crippen molar-refractivity contribution in [2.45, 2.75) is 6.04 Å². The lowest BCUT2D eigenvalue weighted by molar-refractivity contribution is 0.0971. The molecule has 4 aromatic rings. The standard InChI is InChI=1S/C21H13FN2O4S/c1-27-13-4-2-3-11(9-13)17-16-18(25)14-10-12(22)5-6-15(14)28-19(16)20(26)24(17)21-23-7-8-29-21/h2-10,17H,1H3. The molecule has 0 bridgehead atoms. The summed E-state index contributed by atoms with van der Waals surface area (Å²) >= 11 is 1.27. The molecule has 29 heavy (non-hydrogen) atoms. The molecular weight excluding hydrogens is 395 g/mol. The van der Waals surface area contributed by atoms with Crippen LogP contribution in [0, 0.1) is 5.82 Å². The van der Waals surface area contributed by atoms with Crippen molar-refractivity contribution in [1.29, 1.82) is 0 Å². The number of aromatic nitrogens is 1. The van der Waals surface area contributed by atoms with Gasteiger partial charge in [-0.3, -0.25) is 14.5 Å². The molecule has 6 nitrogen and oxygen atoms in total. The largest absolute Gasteiger partial charge is 0.497 e. The molecule has 0 fully saturated rings. The highest BCUT2D eigenvalue weighted by molar-refractivity contribution is 7.13. The molecule has 1 amide bonds. The molecule has 1 atom stereocenters. The van der Waals surface area contributed by atoms with Crippen LogP contribution in [0.2, 0.25) is 0 Å². The Labute approximate surface area is 167 Å². The predicted octanol–water partition coefficient (Wildman–Crippen LogP) is 4.15. The number of carbonyl (C=O) groups excluding carboxylic acids is 1. The number of thiazole rings is 1. The number of rotatable bonds is 3. The summed E-state index contributed by atoms with van der Waals surface area (Å²) < 4.78 is 24.9. The van der Waals surface area contributed by atoms with Crippen molar-refractivity contribution < 1.29 is 18.3 Å². The van der Waals surface area contributed by atoms with E-state index in [1.165, 1.54) is 35.5 Å². The van der Waals surface area contributed by atoms with Crippen molar-refractivity contribution in [3.8, 4) is 5.75 Å². The zero-order chi connectivity index (χ0) is 20.1. The maximum absolute atomic E-state index is 13.8. The summed E-state index contributed by atoms with van der Waals surface area (Å²) in [5, 5.41) is 2.27. The van der Waals surface area contributed by atoms with Gasteiger partial charge in [0.2, 0.25) is 5.76 Å². The van der Waals surface area contributed by atoms with Gasteiger partial charge in [0.15, 0.2) is 10.6 Å². The Kier molecular flexibility index (Phi) is 3.95. The highest BCUT2D eigenvalue weighted by Gasteiger charge is 2.44. The molecule has 1 aliphatic rings. The highest BCUT2D eigenvalue weighted by Crippen LogP contribution is 2.42. The number of anilines is 1. The molecule has 2 aromatic heterocycles. The van der Waals surface area contributed by atoms with E-state index in [1.807, 2.05) is 0 Å². The maximum Gasteiger partial charge on any atom is 0.297 e. The summed E-state index contributed by atoms with van der Waals surface area (Å²) in [6.45, 7) is 0. The quantitative estimate of drug-likeness (QED) is 0.509. The smallest absolute Gasteiger partial charge is 0.297 e. The topological polar surface area (TPSA) is 72.6 Å². The third-order valence-electron chi connectivity index (χ3n) is 4.87. The third kappa shape index (κ3) is 2.64. The van der Waals surface area contributed by atoms with Crippen LogP contribution >= 0.6 is 11.3 Å². The molecule has 0 saturated carbocycles. The first-order valence-corrected chi connectivity index (χ1v) is 9.59. The molecule has 0 aliphatic carbocycles. The van der Waals surface area contributed by atoms with Crippen molar-refractivity contribution in [1.82, 2.24) is 4.98 Å². The fraction of sp³-hybridized carbons (Fsp3) is 0.0952. The summed E-state index contributed by atoms with van der Waals surface area (Å²) in [6.07, 6.45) is 1.58. The first-order valence-electron chi connectivity index (χ1n) is 8.71. The Balaban J connectivity index is 1.83. The van der Waals surface area contributed by atoms with E-state index < -0.39 is 23.2 Å².